The predicted octanol–water partition coefficient (Wildman–Crippen LogP) is 3.62. The molecule has 1 aromatic rings. The highest BCUT2D eigenvalue weighted by Gasteiger charge is 2.29. The minimum Gasteiger partial charge on any atom is -0.336 e. The maximum absolute atomic E-state index is 12.5. The Hall–Kier alpha value is -0.420. The van der Waals surface area contributed by atoms with Crippen LogP contribution in [0.4, 0.5) is 0 Å². The van der Waals surface area contributed by atoms with Gasteiger partial charge in [0, 0.05) is 34.8 Å². The second-order valence-electron chi connectivity index (χ2n) is 4.52. The van der Waals surface area contributed by atoms with E-state index in [1.165, 1.54) is 6.42 Å². The van der Waals surface area contributed by atoms with Crippen molar-refractivity contribution in [2.24, 2.45) is 0 Å². The summed E-state index contributed by atoms with van der Waals surface area (Å²) < 4.78 is 0.849. The van der Waals surface area contributed by atoms with E-state index in [1.54, 1.807) is 12.4 Å². The van der Waals surface area contributed by atoms with E-state index in [9.17, 15) is 4.79 Å². The van der Waals surface area contributed by atoms with Gasteiger partial charge in [0.1, 0.15) is 0 Å². The summed E-state index contributed by atoms with van der Waals surface area (Å²) in [6.07, 6.45) is 7.84. The van der Waals surface area contributed by atoms with Crippen molar-refractivity contribution in [2.75, 3.05) is 11.9 Å². The first-order chi connectivity index (χ1) is 8.72. The summed E-state index contributed by atoms with van der Waals surface area (Å²) in [5.74, 6) is 0.106. The maximum atomic E-state index is 12.5. The van der Waals surface area contributed by atoms with E-state index in [2.05, 4.69) is 36.8 Å². The Bertz CT molecular complexity index is 421. The van der Waals surface area contributed by atoms with Crippen molar-refractivity contribution >= 4 is 37.8 Å². The van der Waals surface area contributed by atoms with E-state index in [-0.39, 0.29) is 5.91 Å². The average Bonchev–Trinajstić information content (AvgIpc) is 2.31. The van der Waals surface area contributed by atoms with Crippen LogP contribution in [0, 0.1) is 0 Å². The van der Waals surface area contributed by atoms with E-state index in [0.29, 0.717) is 11.6 Å². The summed E-state index contributed by atoms with van der Waals surface area (Å²) in [7, 11) is 0. The van der Waals surface area contributed by atoms with Crippen molar-refractivity contribution < 1.29 is 4.79 Å². The SMILES string of the molecule is O=C(c1cncc(Br)c1)N(CCCBr)C1CCC1. The summed E-state index contributed by atoms with van der Waals surface area (Å²) in [5.41, 5.74) is 0.672. The van der Waals surface area contributed by atoms with Gasteiger partial charge in [-0.15, -0.1) is 0 Å². The number of aromatic nitrogens is 1. The van der Waals surface area contributed by atoms with Gasteiger partial charge in [-0.3, -0.25) is 9.78 Å². The number of alkyl halides is 1. The first kappa shape index (κ1) is 14.0. The second-order valence-corrected chi connectivity index (χ2v) is 6.23. The highest BCUT2D eigenvalue weighted by molar-refractivity contribution is 9.10. The van der Waals surface area contributed by atoms with Gasteiger partial charge in [-0.2, -0.15) is 0 Å². The van der Waals surface area contributed by atoms with E-state index in [4.69, 9.17) is 0 Å². The van der Waals surface area contributed by atoms with Crippen LogP contribution in [0.15, 0.2) is 22.9 Å². The third-order valence-corrected chi connectivity index (χ3v) is 4.26. The van der Waals surface area contributed by atoms with Crippen LogP contribution >= 0.6 is 31.9 Å². The molecule has 0 radical (unpaired) electrons. The molecule has 0 aliphatic heterocycles. The van der Waals surface area contributed by atoms with Crippen molar-refractivity contribution in [3.8, 4) is 0 Å². The van der Waals surface area contributed by atoms with Gasteiger partial charge in [0.15, 0.2) is 0 Å². The van der Waals surface area contributed by atoms with Crippen LogP contribution in [-0.2, 0) is 0 Å². The van der Waals surface area contributed by atoms with Crippen LogP contribution in [0.1, 0.15) is 36.0 Å². The number of amides is 1. The quantitative estimate of drug-likeness (QED) is 0.736. The lowest BCUT2D eigenvalue weighted by atomic mass is 9.91. The largest absolute Gasteiger partial charge is 0.336 e. The second kappa shape index (κ2) is 6.66. The molecule has 0 N–H and O–H groups in total. The van der Waals surface area contributed by atoms with Gasteiger partial charge in [0.05, 0.1) is 5.56 Å². The molecule has 1 aliphatic rings. The van der Waals surface area contributed by atoms with Crippen LogP contribution in [-0.4, -0.2) is 33.7 Å². The minimum absolute atomic E-state index is 0.106. The summed E-state index contributed by atoms with van der Waals surface area (Å²) in [6.45, 7) is 0.821. The third-order valence-electron chi connectivity index (χ3n) is 3.26. The smallest absolute Gasteiger partial charge is 0.255 e. The Morgan fingerprint density at radius 3 is 2.78 bits per heavy atom. The molecule has 1 heterocycles. The Kier molecular flexibility index (Phi) is 5.18. The first-order valence-corrected chi connectivity index (χ1v) is 8.11. The number of carbonyl (C=O) groups excluding carboxylic acids is 1. The number of halogens is 2. The van der Waals surface area contributed by atoms with Gasteiger partial charge in [0.25, 0.3) is 5.91 Å². The lowest BCUT2D eigenvalue weighted by molar-refractivity contribution is 0.0580. The van der Waals surface area contributed by atoms with Crippen molar-refractivity contribution in [3.05, 3.63) is 28.5 Å². The van der Waals surface area contributed by atoms with E-state index < -0.39 is 0 Å². The number of rotatable bonds is 5. The minimum atomic E-state index is 0.106. The molecule has 0 aromatic carbocycles. The fraction of sp³-hybridized carbons (Fsp3) is 0.538. The molecule has 1 saturated carbocycles. The Labute approximate surface area is 124 Å². The van der Waals surface area contributed by atoms with Crippen molar-refractivity contribution in [3.63, 3.8) is 0 Å². The monoisotopic (exact) mass is 374 g/mol. The molecule has 0 atom stereocenters. The number of carbonyl (C=O) groups is 1. The molecule has 0 spiro atoms. The average molecular weight is 376 g/mol. The van der Waals surface area contributed by atoms with E-state index >= 15 is 0 Å². The first-order valence-electron chi connectivity index (χ1n) is 6.20. The molecular formula is C13H16Br2N2O. The Morgan fingerprint density at radius 1 is 1.44 bits per heavy atom. The number of hydrogen-bond donors (Lipinski definition) is 0. The predicted molar refractivity (Wildman–Crippen MR) is 79.0 cm³/mol. The fourth-order valence-corrected chi connectivity index (χ4v) is 2.69. The summed E-state index contributed by atoms with van der Waals surface area (Å²) in [4.78, 5) is 18.6. The summed E-state index contributed by atoms with van der Waals surface area (Å²) in [5, 5.41) is 0.931. The van der Waals surface area contributed by atoms with Gasteiger partial charge >= 0.3 is 0 Å². The molecule has 0 bridgehead atoms. The molecule has 2 rings (SSSR count). The van der Waals surface area contributed by atoms with Crippen LogP contribution in [0.25, 0.3) is 0 Å². The number of hydrogen-bond acceptors (Lipinski definition) is 2. The molecule has 18 heavy (non-hydrogen) atoms. The molecule has 1 aliphatic carbocycles. The van der Waals surface area contributed by atoms with E-state index in [1.807, 2.05) is 11.0 Å². The molecule has 3 nitrogen and oxygen atoms in total. The zero-order valence-electron chi connectivity index (χ0n) is 10.1. The van der Waals surface area contributed by atoms with Crippen LogP contribution in [0.2, 0.25) is 0 Å². The number of pyridine rings is 1. The lowest BCUT2D eigenvalue weighted by Gasteiger charge is -2.37. The van der Waals surface area contributed by atoms with Gasteiger partial charge in [0.2, 0.25) is 0 Å². The molecular weight excluding hydrogens is 360 g/mol. The highest BCUT2D eigenvalue weighted by atomic mass is 79.9. The molecule has 1 aromatic heterocycles. The maximum Gasteiger partial charge on any atom is 0.255 e. The zero-order chi connectivity index (χ0) is 13.0. The van der Waals surface area contributed by atoms with E-state index in [0.717, 1.165) is 35.6 Å². The molecule has 1 fully saturated rings. The van der Waals surface area contributed by atoms with Crippen molar-refractivity contribution in [1.29, 1.82) is 0 Å². The van der Waals surface area contributed by atoms with Gasteiger partial charge in [-0.05, 0) is 47.7 Å². The van der Waals surface area contributed by atoms with Crippen molar-refractivity contribution in [1.82, 2.24) is 9.88 Å². The molecule has 5 heteroatoms. The van der Waals surface area contributed by atoms with Gasteiger partial charge < -0.3 is 4.90 Å². The molecule has 1 amide bonds. The summed E-state index contributed by atoms with van der Waals surface area (Å²) >= 11 is 6.79. The van der Waals surface area contributed by atoms with Gasteiger partial charge in [-0.25, -0.2) is 0 Å². The third kappa shape index (κ3) is 3.32. The van der Waals surface area contributed by atoms with Crippen LogP contribution in [0.5, 0.6) is 0 Å². The Balaban J connectivity index is 2.11. The van der Waals surface area contributed by atoms with Crippen LogP contribution < -0.4 is 0 Å². The summed E-state index contributed by atoms with van der Waals surface area (Å²) in [6, 6.07) is 2.27. The normalized spacial score (nSPS) is 15.2. The molecule has 98 valence electrons. The Morgan fingerprint density at radius 2 is 2.22 bits per heavy atom. The standard InChI is InChI=1S/C13H16Br2N2O/c14-5-2-6-17(12-3-1-4-12)13(18)10-7-11(15)9-16-8-10/h7-9,12H,1-6H2. The molecule has 0 unspecified atom stereocenters. The van der Waals surface area contributed by atoms with Gasteiger partial charge in [-0.1, -0.05) is 15.9 Å². The molecule has 0 saturated heterocycles. The zero-order valence-corrected chi connectivity index (χ0v) is 13.3. The lowest BCUT2D eigenvalue weighted by Crippen LogP contribution is -2.44. The van der Waals surface area contributed by atoms with Crippen molar-refractivity contribution in [2.45, 2.75) is 31.7 Å². The fourth-order valence-electron chi connectivity index (χ4n) is 2.07. The topological polar surface area (TPSA) is 33.2 Å². The number of nitrogens with zero attached hydrogens (tertiary/aromatic N) is 2. The van der Waals surface area contributed by atoms with Crippen LogP contribution in [0.3, 0.4) is 0 Å². The highest BCUT2D eigenvalue weighted by Crippen LogP contribution is 2.26.